The standard InChI is InChI=1S/C21H31N3O2/c1-26-19-8-3-2-7-18(19)23-9-11-24(12-10-23)21(25)17-13-15-5-4-6-16(14-17)20(15)22/h2-3,7-8,15-17,20H,4-6,9-14,22H2,1H3. The van der Waals surface area contributed by atoms with Crippen LogP contribution in [0.5, 0.6) is 5.75 Å². The fraction of sp³-hybridized carbons (Fsp3) is 0.667. The molecule has 3 aliphatic rings. The molecule has 0 spiro atoms. The number of piperazine rings is 1. The molecule has 1 saturated heterocycles. The molecule has 0 radical (unpaired) electrons. The Bertz CT molecular complexity index is 628. The number of hydrogen-bond acceptors (Lipinski definition) is 4. The van der Waals surface area contributed by atoms with E-state index >= 15 is 0 Å². The van der Waals surface area contributed by atoms with Gasteiger partial charge in [-0.2, -0.15) is 0 Å². The normalized spacial score (nSPS) is 31.6. The second kappa shape index (κ2) is 7.47. The van der Waals surface area contributed by atoms with Crippen molar-refractivity contribution < 1.29 is 9.53 Å². The minimum atomic E-state index is 0.197. The summed E-state index contributed by atoms with van der Waals surface area (Å²) >= 11 is 0. The summed E-state index contributed by atoms with van der Waals surface area (Å²) in [7, 11) is 1.71. The summed E-state index contributed by atoms with van der Waals surface area (Å²) in [4.78, 5) is 17.5. The van der Waals surface area contributed by atoms with Gasteiger partial charge in [-0.05, 0) is 49.7 Å². The Morgan fingerprint density at radius 1 is 1.08 bits per heavy atom. The van der Waals surface area contributed by atoms with Gasteiger partial charge in [0.1, 0.15) is 5.75 Å². The molecule has 2 N–H and O–H groups in total. The van der Waals surface area contributed by atoms with E-state index in [1.807, 2.05) is 18.2 Å². The Morgan fingerprint density at radius 2 is 1.73 bits per heavy atom. The Kier molecular flexibility index (Phi) is 5.07. The fourth-order valence-corrected chi connectivity index (χ4v) is 5.31. The molecule has 142 valence electrons. The van der Waals surface area contributed by atoms with Crippen LogP contribution in [0, 0.1) is 17.8 Å². The maximum absolute atomic E-state index is 13.1. The predicted octanol–water partition coefficient (Wildman–Crippen LogP) is 2.50. The number of nitrogens with zero attached hydrogens (tertiary/aromatic N) is 2. The summed E-state index contributed by atoms with van der Waals surface area (Å²) in [6.45, 7) is 3.33. The summed E-state index contributed by atoms with van der Waals surface area (Å²) in [6, 6.07) is 8.46. The molecule has 2 saturated carbocycles. The lowest BCUT2D eigenvalue weighted by molar-refractivity contribution is -0.138. The monoisotopic (exact) mass is 357 g/mol. The van der Waals surface area contributed by atoms with Crippen LogP contribution in [0.4, 0.5) is 5.69 Å². The Morgan fingerprint density at radius 3 is 2.38 bits per heavy atom. The molecule has 1 aromatic carbocycles. The summed E-state index contributed by atoms with van der Waals surface area (Å²) in [6.07, 6.45) is 5.72. The highest BCUT2D eigenvalue weighted by Crippen LogP contribution is 2.42. The van der Waals surface area contributed by atoms with Crippen molar-refractivity contribution >= 4 is 11.6 Å². The van der Waals surface area contributed by atoms with Crippen molar-refractivity contribution in [2.75, 3.05) is 38.2 Å². The molecule has 1 amide bonds. The highest BCUT2D eigenvalue weighted by molar-refractivity contribution is 5.79. The van der Waals surface area contributed by atoms with E-state index in [0.29, 0.717) is 23.8 Å². The second-order valence-corrected chi connectivity index (χ2v) is 8.18. The zero-order chi connectivity index (χ0) is 18.1. The predicted molar refractivity (Wildman–Crippen MR) is 103 cm³/mol. The minimum Gasteiger partial charge on any atom is -0.495 e. The van der Waals surface area contributed by atoms with Gasteiger partial charge in [0, 0.05) is 38.1 Å². The van der Waals surface area contributed by atoms with Crippen molar-refractivity contribution in [1.82, 2.24) is 4.90 Å². The summed E-state index contributed by atoms with van der Waals surface area (Å²) < 4.78 is 5.49. The zero-order valence-electron chi connectivity index (χ0n) is 15.8. The smallest absolute Gasteiger partial charge is 0.225 e. The van der Waals surface area contributed by atoms with Crippen LogP contribution in [0.2, 0.25) is 0 Å². The molecule has 2 atom stereocenters. The number of anilines is 1. The quantitative estimate of drug-likeness (QED) is 0.903. The first kappa shape index (κ1) is 17.7. The first-order chi connectivity index (χ1) is 12.7. The van der Waals surface area contributed by atoms with Crippen LogP contribution in [0.3, 0.4) is 0 Å². The van der Waals surface area contributed by atoms with Crippen molar-refractivity contribution in [3.05, 3.63) is 24.3 Å². The van der Waals surface area contributed by atoms with E-state index in [1.54, 1.807) is 7.11 Å². The molecule has 1 aromatic rings. The van der Waals surface area contributed by atoms with Crippen LogP contribution in [-0.2, 0) is 4.79 Å². The van der Waals surface area contributed by atoms with E-state index in [4.69, 9.17) is 10.5 Å². The maximum atomic E-state index is 13.1. The van der Waals surface area contributed by atoms with Gasteiger partial charge in [-0.1, -0.05) is 18.6 Å². The molecule has 3 fully saturated rings. The molecule has 26 heavy (non-hydrogen) atoms. The second-order valence-electron chi connectivity index (χ2n) is 8.18. The molecule has 0 aromatic heterocycles. The SMILES string of the molecule is COc1ccccc1N1CCN(C(=O)C2CC3CCCC(C2)C3N)CC1. The van der Waals surface area contributed by atoms with Gasteiger partial charge in [-0.25, -0.2) is 0 Å². The van der Waals surface area contributed by atoms with E-state index in [9.17, 15) is 4.79 Å². The Balaban J connectivity index is 1.37. The van der Waals surface area contributed by atoms with E-state index < -0.39 is 0 Å². The van der Waals surface area contributed by atoms with Gasteiger partial charge >= 0.3 is 0 Å². The average Bonchev–Trinajstić information content (AvgIpc) is 2.67. The van der Waals surface area contributed by atoms with Gasteiger partial charge in [-0.3, -0.25) is 4.79 Å². The maximum Gasteiger partial charge on any atom is 0.225 e. The van der Waals surface area contributed by atoms with Gasteiger partial charge in [0.25, 0.3) is 0 Å². The molecule has 2 aliphatic carbocycles. The molecule has 2 unspecified atom stereocenters. The van der Waals surface area contributed by atoms with Crippen molar-refractivity contribution in [2.45, 2.75) is 38.1 Å². The number of hydrogen-bond donors (Lipinski definition) is 1. The average molecular weight is 357 g/mol. The van der Waals surface area contributed by atoms with Crippen LogP contribution < -0.4 is 15.4 Å². The number of amides is 1. The molecule has 2 bridgehead atoms. The number of benzene rings is 1. The molecule has 4 rings (SSSR count). The zero-order valence-corrected chi connectivity index (χ0v) is 15.8. The molecular formula is C21H31N3O2. The van der Waals surface area contributed by atoms with Crippen LogP contribution in [0.25, 0.3) is 0 Å². The van der Waals surface area contributed by atoms with Crippen LogP contribution in [-0.4, -0.2) is 50.1 Å². The van der Waals surface area contributed by atoms with Gasteiger partial charge in [0.05, 0.1) is 12.8 Å². The van der Waals surface area contributed by atoms with Crippen molar-refractivity contribution in [3.63, 3.8) is 0 Å². The summed E-state index contributed by atoms with van der Waals surface area (Å²) in [5.74, 6) is 2.59. The third-order valence-corrected chi connectivity index (χ3v) is 6.78. The van der Waals surface area contributed by atoms with Crippen LogP contribution >= 0.6 is 0 Å². The van der Waals surface area contributed by atoms with E-state index in [-0.39, 0.29) is 5.92 Å². The number of para-hydroxylation sites is 2. The van der Waals surface area contributed by atoms with E-state index in [2.05, 4.69) is 15.9 Å². The summed E-state index contributed by atoms with van der Waals surface area (Å²) in [5.41, 5.74) is 7.52. The fourth-order valence-electron chi connectivity index (χ4n) is 5.31. The minimum absolute atomic E-state index is 0.197. The van der Waals surface area contributed by atoms with E-state index in [1.165, 1.54) is 19.3 Å². The van der Waals surface area contributed by atoms with E-state index in [0.717, 1.165) is 50.5 Å². The van der Waals surface area contributed by atoms with Gasteiger partial charge in [0.2, 0.25) is 5.91 Å². The first-order valence-corrected chi connectivity index (χ1v) is 10.1. The van der Waals surface area contributed by atoms with Gasteiger partial charge < -0.3 is 20.3 Å². The number of methoxy groups -OCH3 is 1. The third-order valence-electron chi connectivity index (χ3n) is 6.78. The number of carbonyl (C=O) groups excluding carboxylic acids is 1. The van der Waals surface area contributed by atoms with Crippen LogP contribution in [0.15, 0.2) is 24.3 Å². The van der Waals surface area contributed by atoms with Crippen molar-refractivity contribution in [2.24, 2.45) is 23.5 Å². The van der Waals surface area contributed by atoms with Gasteiger partial charge in [-0.15, -0.1) is 0 Å². The number of rotatable bonds is 3. The highest BCUT2D eigenvalue weighted by Gasteiger charge is 2.41. The van der Waals surface area contributed by atoms with Gasteiger partial charge in [0.15, 0.2) is 0 Å². The number of carbonyl (C=O) groups is 1. The number of fused-ring (bicyclic) bond motifs is 2. The molecule has 1 aliphatic heterocycles. The van der Waals surface area contributed by atoms with Crippen molar-refractivity contribution in [3.8, 4) is 5.75 Å². The number of nitrogens with two attached hydrogens (primary N) is 1. The Hall–Kier alpha value is -1.75. The molecule has 1 heterocycles. The number of ether oxygens (including phenoxy) is 1. The van der Waals surface area contributed by atoms with Crippen molar-refractivity contribution in [1.29, 1.82) is 0 Å². The lowest BCUT2D eigenvalue weighted by Gasteiger charge is -2.45. The third kappa shape index (κ3) is 3.29. The Labute approximate surface area is 156 Å². The largest absolute Gasteiger partial charge is 0.495 e. The molecule has 5 nitrogen and oxygen atoms in total. The lowest BCUT2D eigenvalue weighted by atomic mass is 9.65. The summed E-state index contributed by atoms with van der Waals surface area (Å²) in [5, 5.41) is 0. The lowest BCUT2D eigenvalue weighted by Crippen LogP contribution is -2.53. The topological polar surface area (TPSA) is 58.8 Å². The molecule has 5 heteroatoms. The first-order valence-electron chi connectivity index (χ1n) is 10.1. The van der Waals surface area contributed by atoms with Crippen LogP contribution in [0.1, 0.15) is 32.1 Å². The highest BCUT2D eigenvalue weighted by atomic mass is 16.5. The molecular weight excluding hydrogens is 326 g/mol.